The molecule has 0 rings (SSSR count). The molecule has 0 aromatic rings. The van der Waals surface area contributed by atoms with Gasteiger partial charge in [-0.2, -0.15) is 0 Å². The normalized spacial score (nSPS) is 9.00. The number of nitrogens with zero attached hydrogens (tertiary/aromatic N) is 1. The molecule has 1 N–H and O–H groups in total. The van der Waals surface area contributed by atoms with E-state index in [0.29, 0.717) is 6.61 Å². The second-order valence-corrected chi connectivity index (χ2v) is 5.93. The molecule has 0 atom stereocenters. The van der Waals surface area contributed by atoms with E-state index in [1.807, 2.05) is 6.92 Å². The van der Waals surface area contributed by atoms with Crippen LogP contribution < -0.4 is 24.8 Å². The van der Waals surface area contributed by atoms with Gasteiger partial charge in [-0.3, -0.25) is 0 Å². The van der Waals surface area contributed by atoms with Gasteiger partial charge < -0.3 is 35.2 Å². The molecule has 1 radical (unpaired) electrons. The molecule has 5 heteroatoms. The minimum atomic E-state index is 0. The molecule has 0 fully saturated rings. The van der Waals surface area contributed by atoms with Gasteiger partial charge in [0.1, 0.15) is 0 Å². The van der Waals surface area contributed by atoms with Crippen LogP contribution in [0.3, 0.4) is 0 Å². The molecule has 0 aromatic heterocycles. The van der Waals surface area contributed by atoms with Crippen LogP contribution in [-0.4, -0.2) is 24.8 Å². The molecule has 0 spiro atoms. The number of rotatable bonds is 15. The summed E-state index contributed by atoms with van der Waals surface area (Å²) in [5, 5.41) is 12.5. The Morgan fingerprint density at radius 3 is 1.12 bits per heavy atom. The van der Waals surface area contributed by atoms with E-state index >= 15 is 0 Å². The summed E-state index contributed by atoms with van der Waals surface area (Å²) in [6, 6.07) is 0. The van der Waals surface area contributed by atoms with Gasteiger partial charge in [-0.15, -0.1) is 13.1 Å². The quantitative estimate of drug-likeness (QED) is 0.304. The number of unbranched alkanes of at least 4 members (excludes halogenated alkanes) is 10. The predicted molar refractivity (Wildman–Crippen MR) is 97.2 cm³/mol. The third-order valence-corrected chi connectivity index (χ3v) is 3.56. The van der Waals surface area contributed by atoms with Crippen molar-refractivity contribution < 1.29 is 51.6 Å². The van der Waals surface area contributed by atoms with Gasteiger partial charge in [0.25, 0.3) is 0 Å². The van der Waals surface area contributed by atoms with E-state index in [-0.39, 0.29) is 46.5 Å². The number of aliphatic hydroxyl groups excluding tert-OH is 1. The number of hydrogen-bond acceptors (Lipinski definition) is 1. The van der Waals surface area contributed by atoms with E-state index < -0.39 is 0 Å². The molecule has 0 bridgehead atoms. The van der Waals surface area contributed by atoms with Gasteiger partial charge in [0, 0.05) is 6.61 Å². The molecule has 0 amide bonds. The monoisotopic (exact) mass is 418 g/mol. The Balaban J connectivity index is -0.000000154. The third kappa shape index (κ3) is 43.6. The van der Waals surface area contributed by atoms with Crippen LogP contribution in [0, 0.1) is 0 Å². The summed E-state index contributed by atoms with van der Waals surface area (Å²) < 4.78 is 0. The van der Waals surface area contributed by atoms with E-state index in [2.05, 4.69) is 19.2 Å². The average Bonchev–Trinajstić information content (AvgIpc) is 2.52. The van der Waals surface area contributed by atoms with Crippen LogP contribution in [0.2, 0.25) is 0 Å². The maximum absolute atomic E-state index is 7.88. The fraction of sp³-hybridized carbons (Fsp3) is 1.00. The van der Waals surface area contributed by atoms with Gasteiger partial charge in [-0.25, -0.2) is 0 Å². The third-order valence-electron chi connectivity index (χ3n) is 3.56. The zero-order valence-electron chi connectivity index (χ0n) is 16.5. The van der Waals surface area contributed by atoms with Gasteiger partial charge in [-0.05, 0) is 6.42 Å². The van der Waals surface area contributed by atoms with Crippen LogP contribution in [0.5, 0.6) is 0 Å². The van der Waals surface area contributed by atoms with E-state index in [4.69, 9.17) is 5.11 Å². The maximum Gasteiger partial charge on any atom is 3.00 e. The molecule has 2 nitrogen and oxygen atoms in total. The molecule has 24 heavy (non-hydrogen) atoms. The smallest absolute Gasteiger partial charge is 1.00 e. The summed E-state index contributed by atoms with van der Waals surface area (Å²) in [7, 11) is 0. The van der Waals surface area contributed by atoms with Crippen molar-refractivity contribution in [1.82, 2.24) is 0 Å². The van der Waals surface area contributed by atoms with Crippen molar-refractivity contribution in [3.63, 3.8) is 0 Å². The van der Waals surface area contributed by atoms with E-state index in [0.717, 1.165) is 19.5 Å². The van der Waals surface area contributed by atoms with Crippen molar-refractivity contribution in [2.75, 3.05) is 19.7 Å². The fourth-order valence-electron chi connectivity index (χ4n) is 2.12. The van der Waals surface area contributed by atoms with Crippen molar-refractivity contribution in [3.05, 3.63) is 5.32 Å². The molecular weight excluding hydrogens is 377 g/mol. The van der Waals surface area contributed by atoms with E-state index in [9.17, 15) is 0 Å². The molecule has 147 valence electrons. The van der Waals surface area contributed by atoms with Gasteiger partial charge in [-0.1, -0.05) is 97.8 Å². The second kappa shape index (κ2) is 39.3. The van der Waals surface area contributed by atoms with Crippen molar-refractivity contribution in [2.24, 2.45) is 0 Å². The Labute approximate surface area is 180 Å². The minimum absolute atomic E-state index is 0. The molecule has 0 unspecified atom stereocenters. The second-order valence-electron chi connectivity index (χ2n) is 5.93. The zero-order chi connectivity index (χ0) is 16.0. The van der Waals surface area contributed by atoms with Gasteiger partial charge in [0.05, 0.1) is 0 Å². The molecule has 0 heterocycles. The minimum Gasteiger partial charge on any atom is -1.00 e. The topological polar surface area (TPSA) is 34.3 Å². The van der Waals surface area contributed by atoms with Crippen LogP contribution in [0.1, 0.15) is 104 Å². The van der Waals surface area contributed by atoms with Gasteiger partial charge in [0.15, 0.2) is 0 Å². The van der Waals surface area contributed by atoms with Crippen LogP contribution in [0.15, 0.2) is 0 Å². The summed E-state index contributed by atoms with van der Waals surface area (Å²) in [5.41, 5.74) is 0. The standard InChI is InChI=1S/C16H34N.C3H8O.2ClH.Ti/c1-3-5-7-9-11-13-15-17-16-14-12-10-8-6-4-2;1-2-3-4;;;/h3-16H2,1-2H3;4H,2-3H2,1H3;2*1H;/q-1;;;;+3/p-2. The van der Waals surface area contributed by atoms with Gasteiger partial charge >= 0.3 is 21.7 Å². The van der Waals surface area contributed by atoms with Crippen molar-refractivity contribution in [2.45, 2.75) is 104 Å². The van der Waals surface area contributed by atoms with Crippen molar-refractivity contribution in [1.29, 1.82) is 0 Å². The fourth-order valence-corrected chi connectivity index (χ4v) is 2.12. The van der Waals surface area contributed by atoms with Crippen LogP contribution in [0.25, 0.3) is 5.32 Å². The molecule has 0 aromatic carbocycles. The summed E-state index contributed by atoms with van der Waals surface area (Å²) in [5.74, 6) is 0. The van der Waals surface area contributed by atoms with Crippen molar-refractivity contribution >= 4 is 0 Å². The molecule has 0 aliphatic rings. The van der Waals surface area contributed by atoms with Crippen LogP contribution in [-0.2, 0) is 21.7 Å². The summed E-state index contributed by atoms with van der Waals surface area (Å²) in [4.78, 5) is 0. The first-order valence-corrected chi connectivity index (χ1v) is 9.57. The Kier molecular flexibility index (Phi) is 59.3. The Morgan fingerprint density at radius 2 is 0.833 bits per heavy atom. The number of hydrogen-bond donors (Lipinski definition) is 1. The number of halogens is 2. The Hall–Kier alpha value is 1.21. The number of aliphatic hydroxyl groups is 1. The first kappa shape index (κ1) is 36.2. The van der Waals surface area contributed by atoms with Crippen LogP contribution in [0.4, 0.5) is 0 Å². The predicted octanol–water partition coefficient (Wildman–Crippen LogP) is 0.475. The Morgan fingerprint density at radius 1 is 0.542 bits per heavy atom. The summed E-state index contributed by atoms with van der Waals surface area (Å²) >= 11 is 0. The molecule has 0 aliphatic carbocycles. The van der Waals surface area contributed by atoms with E-state index in [1.165, 1.54) is 77.0 Å². The first-order chi connectivity index (χ1) is 10.3. The van der Waals surface area contributed by atoms with Crippen molar-refractivity contribution in [3.8, 4) is 0 Å². The zero-order valence-corrected chi connectivity index (χ0v) is 19.5. The molecule has 0 aliphatic heterocycles. The summed E-state index contributed by atoms with van der Waals surface area (Å²) in [6.07, 6.45) is 17.5. The molecule has 0 saturated carbocycles. The maximum atomic E-state index is 7.88. The Bertz CT molecular complexity index is 150. The molecular formula is C19H42Cl2NOTi. The SMILES string of the molecule is CCCCCCCC[N-]CCCCCCCC.CCCO.[Cl-].[Cl-].[Ti+3]. The average molecular weight is 419 g/mol. The molecule has 0 saturated heterocycles. The van der Waals surface area contributed by atoms with E-state index in [1.54, 1.807) is 0 Å². The first-order valence-electron chi connectivity index (χ1n) is 9.57. The van der Waals surface area contributed by atoms with Crippen LogP contribution >= 0.6 is 0 Å². The summed E-state index contributed by atoms with van der Waals surface area (Å²) in [6.45, 7) is 9.02. The largest absolute Gasteiger partial charge is 3.00 e. The van der Waals surface area contributed by atoms with Gasteiger partial charge in [0.2, 0.25) is 0 Å².